The van der Waals surface area contributed by atoms with Gasteiger partial charge in [0.05, 0.1) is 11.5 Å². The van der Waals surface area contributed by atoms with E-state index in [0.717, 1.165) is 0 Å². The van der Waals surface area contributed by atoms with E-state index < -0.39 is 4.92 Å². The molecule has 0 bridgehead atoms. The maximum atomic E-state index is 13.4. The molecule has 144 valence electrons. The lowest BCUT2D eigenvalue weighted by Crippen LogP contribution is -2.30. The van der Waals surface area contributed by atoms with Crippen molar-refractivity contribution in [3.8, 4) is 0 Å². The Bertz CT molecular complexity index is 813. The minimum atomic E-state index is -0.533. The van der Waals surface area contributed by atoms with Crippen molar-refractivity contribution >= 4 is 17.3 Å². The van der Waals surface area contributed by atoms with Crippen LogP contribution < -0.4 is 5.32 Å². The third-order valence-electron chi connectivity index (χ3n) is 3.99. The second kappa shape index (κ2) is 9.63. The number of hydrogen-bond donors (Lipinski definition) is 1. The lowest BCUT2D eigenvalue weighted by Gasteiger charge is -2.21. The highest BCUT2D eigenvalue weighted by Crippen LogP contribution is 2.26. The number of nitrogens with zero attached hydrogens (tertiary/aromatic N) is 2. The van der Waals surface area contributed by atoms with Crippen molar-refractivity contribution < 1.29 is 18.8 Å². The number of ether oxygens (including phenoxy) is 1. The van der Waals surface area contributed by atoms with Gasteiger partial charge in [0, 0.05) is 38.4 Å². The fourth-order valence-corrected chi connectivity index (χ4v) is 2.62. The first kappa shape index (κ1) is 20.3. The van der Waals surface area contributed by atoms with E-state index in [1.807, 2.05) is 0 Å². The monoisotopic (exact) mass is 375 g/mol. The largest absolute Gasteiger partial charge is 0.383 e. The van der Waals surface area contributed by atoms with E-state index in [2.05, 4.69) is 5.32 Å². The van der Waals surface area contributed by atoms with Crippen LogP contribution in [0.4, 0.5) is 15.8 Å². The van der Waals surface area contributed by atoms with E-state index >= 15 is 0 Å². The zero-order chi connectivity index (χ0) is 19.8. The van der Waals surface area contributed by atoms with Gasteiger partial charge in [0.2, 0.25) is 0 Å². The van der Waals surface area contributed by atoms with Crippen molar-refractivity contribution in [1.29, 1.82) is 0 Å². The first-order valence-corrected chi connectivity index (χ1v) is 8.51. The Morgan fingerprint density at radius 3 is 2.70 bits per heavy atom. The number of carbonyl (C=O) groups is 1. The second-order valence-corrected chi connectivity index (χ2v) is 5.86. The van der Waals surface area contributed by atoms with Gasteiger partial charge in [-0.2, -0.15) is 0 Å². The van der Waals surface area contributed by atoms with Gasteiger partial charge in [-0.3, -0.25) is 14.9 Å². The summed E-state index contributed by atoms with van der Waals surface area (Å²) in [6, 6.07) is 10.3. The van der Waals surface area contributed by atoms with E-state index in [4.69, 9.17) is 4.74 Å². The van der Waals surface area contributed by atoms with Crippen molar-refractivity contribution in [2.24, 2.45) is 0 Å². The average molecular weight is 375 g/mol. The van der Waals surface area contributed by atoms with Crippen LogP contribution in [0.3, 0.4) is 0 Å². The number of halogens is 1. The molecule has 7 nitrogen and oxygen atoms in total. The fraction of sp³-hybridized carbons (Fsp3) is 0.316. The van der Waals surface area contributed by atoms with Crippen molar-refractivity contribution in [2.75, 3.05) is 32.1 Å². The zero-order valence-electron chi connectivity index (χ0n) is 15.3. The molecule has 0 heterocycles. The highest BCUT2D eigenvalue weighted by Gasteiger charge is 2.20. The molecular formula is C19H22FN3O4. The van der Waals surface area contributed by atoms with Crippen LogP contribution in [0.2, 0.25) is 0 Å². The molecule has 1 amide bonds. The van der Waals surface area contributed by atoms with Gasteiger partial charge in [0.25, 0.3) is 11.6 Å². The van der Waals surface area contributed by atoms with Crippen LogP contribution in [0.25, 0.3) is 0 Å². The SMILES string of the molecule is CCN(Cc1cccc(F)c1)C(=O)c1ccc(NCCOC)c([N+](=O)[O-])c1. The molecule has 0 saturated carbocycles. The van der Waals surface area contributed by atoms with E-state index in [1.54, 1.807) is 25.1 Å². The molecule has 2 rings (SSSR count). The Hall–Kier alpha value is -3.00. The van der Waals surface area contributed by atoms with Crippen LogP contribution in [0.1, 0.15) is 22.8 Å². The van der Waals surface area contributed by atoms with Crippen LogP contribution in [0.5, 0.6) is 0 Å². The Kier molecular flexibility index (Phi) is 7.25. The Morgan fingerprint density at radius 1 is 1.30 bits per heavy atom. The number of rotatable bonds is 9. The molecular weight excluding hydrogens is 353 g/mol. The smallest absolute Gasteiger partial charge is 0.293 e. The van der Waals surface area contributed by atoms with Gasteiger partial charge in [-0.15, -0.1) is 0 Å². The summed E-state index contributed by atoms with van der Waals surface area (Å²) in [6.07, 6.45) is 0. The van der Waals surface area contributed by atoms with Crippen LogP contribution in [0.15, 0.2) is 42.5 Å². The molecule has 27 heavy (non-hydrogen) atoms. The predicted molar refractivity (Wildman–Crippen MR) is 100 cm³/mol. The Morgan fingerprint density at radius 2 is 2.07 bits per heavy atom. The molecule has 0 spiro atoms. The molecule has 0 radical (unpaired) electrons. The number of carbonyl (C=O) groups excluding carboxylic acids is 1. The minimum absolute atomic E-state index is 0.182. The molecule has 0 fully saturated rings. The standard InChI is InChI=1S/C19H22FN3O4/c1-3-22(13-14-5-4-6-16(20)11-14)19(24)15-7-8-17(21-9-10-27-2)18(12-15)23(25)26/h4-8,11-12,21H,3,9-10,13H2,1-2H3. The third-order valence-corrected chi connectivity index (χ3v) is 3.99. The summed E-state index contributed by atoms with van der Waals surface area (Å²) >= 11 is 0. The van der Waals surface area contributed by atoms with E-state index in [0.29, 0.717) is 30.9 Å². The average Bonchev–Trinajstić information content (AvgIpc) is 2.66. The number of nitro groups is 1. The summed E-state index contributed by atoms with van der Waals surface area (Å²) in [5.74, 6) is -0.730. The van der Waals surface area contributed by atoms with Gasteiger partial charge in [-0.1, -0.05) is 12.1 Å². The van der Waals surface area contributed by atoms with Crippen molar-refractivity contribution in [2.45, 2.75) is 13.5 Å². The van der Waals surface area contributed by atoms with Gasteiger partial charge < -0.3 is 15.0 Å². The molecule has 2 aromatic rings. The topological polar surface area (TPSA) is 84.7 Å². The van der Waals surface area contributed by atoms with E-state index in [-0.39, 0.29) is 29.5 Å². The lowest BCUT2D eigenvalue weighted by molar-refractivity contribution is -0.384. The molecule has 8 heteroatoms. The van der Waals surface area contributed by atoms with E-state index in [1.165, 1.54) is 36.3 Å². The molecule has 2 aromatic carbocycles. The lowest BCUT2D eigenvalue weighted by atomic mass is 10.1. The number of methoxy groups -OCH3 is 1. The molecule has 0 atom stereocenters. The number of anilines is 1. The summed E-state index contributed by atoms with van der Waals surface area (Å²) in [5.41, 5.74) is 0.996. The molecule has 0 aromatic heterocycles. The summed E-state index contributed by atoms with van der Waals surface area (Å²) in [7, 11) is 1.54. The third kappa shape index (κ3) is 5.49. The highest BCUT2D eigenvalue weighted by atomic mass is 19.1. The van der Waals surface area contributed by atoms with Gasteiger partial charge in [-0.25, -0.2) is 4.39 Å². The van der Waals surface area contributed by atoms with Crippen LogP contribution in [-0.2, 0) is 11.3 Å². The Balaban J connectivity index is 2.22. The molecule has 0 unspecified atom stereocenters. The van der Waals surface area contributed by atoms with Crippen LogP contribution in [-0.4, -0.2) is 42.5 Å². The summed E-state index contributed by atoms with van der Waals surface area (Å²) in [6.45, 7) is 3.21. The van der Waals surface area contributed by atoms with Gasteiger partial charge in [0.15, 0.2) is 0 Å². The highest BCUT2D eigenvalue weighted by molar-refractivity contribution is 5.95. The summed E-state index contributed by atoms with van der Waals surface area (Å²) < 4.78 is 18.3. The quantitative estimate of drug-likeness (QED) is 0.412. The van der Waals surface area contributed by atoms with Gasteiger partial charge >= 0.3 is 0 Å². The molecule has 0 aliphatic carbocycles. The Labute approximate surface area is 156 Å². The molecule has 1 N–H and O–H groups in total. The summed E-state index contributed by atoms with van der Waals surface area (Å²) in [5, 5.41) is 14.3. The normalized spacial score (nSPS) is 10.5. The maximum Gasteiger partial charge on any atom is 0.293 e. The molecule has 0 aliphatic rings. The minimum Gasteiger partial charge on any atom is -0.383 e. The second-order valence-electron chi connectivity index (χ2n) is 5.86. The number of amides is 1. The number of nitro benzene ring substituents is 1. The van der Waals surface area contributed by atoms with Gasteiger partial charge in [0.1, 0.15) is 11.5 Å². The van der Waals surface area contributed by atoms with Crippen molar-refractivity contribution in [1.82, 2.24) is 4.90 Å². The zero-order valence-corrected chi connectivity index (χ0v) is 15.3. The maximum absolute atomic E-state index is 13.4. The first-order chi connectivity index (χ1) is 13.0. The van der Waals surface area contributed by atoms with E-state index in [9.17, 15) is 19.3 Å². The number of benzene rings is 2. The summed E-state index contributed by atoms with van der Waals surface area (Å²) in [4.78, 5) is 25.1. The van der Waals surface area contributed by atoms with Gasteiger partial charge in [-0.05, 0) is 36.8 Å². The first-order valence-electron chi connectivity index (χ1n) is 8.51. The van der Waals surface area contributed by atoms with Crippen LogP contribution >= 0.6 is 0 Å². The predicted octanol–water partition coefficient (Wildman–Crippen LogP) is 3.45. The van der Waals surface area contributed by atoms with Crippen LogP contribution in [0, 0.1) is 15.9 Å². The molecule has 0 saturated heterocycles. The number of hydrogen-bond acceptors (Lipinski definition) is 5. The van der Waals surface area contributed by atoms with Crippen molar-refractivity contribution in [3.63, 3.8) is 0 Å². The fourth-order valence-electron chi connectivity index (χ4n) is 2.62. The molecule has 0 aliphatic heterocycles. The van der Waals surface area contributed by atoms with Crippen molar-refractivity contribution in [3.05, 3.63) is 69.5 Å². The number of nitrogens with one attached hydrogen (secondary N) is 1.